The Morgan fingerprint density at radius 2 is 1.32 bits per heavy atom. The van der Waals surface area contributed by atoms with Gasteiger partial charge >= 0.3 is 5.97 Å². The van der Waals surface area contributed by atoms with Crippen molar-refractivity contribution >= 4 is 16.0 Å². The molecule has 160 valence electrons. The van der Waals surface area contributed by atoms with Crippen molar-refractivity contribution in [2.75, 3.05) is 0 Å². The predicted molar refractivity (Wildman–Crippen MR) is 114 cm³/mol. The molecule has 0 radical (unpaired) electrons. The summed E-state index contributed by atoms with van der Waals surface area (Å²) in [6, 6.07) is 6.84. The van der Waals surface area contributed by atoms with Crippen molar-refractivity contribution in [1.29, 1.82) is 0 Å². The van der Waals surface area contributed by atoms with Gasteiger partial charge in [-0.05, 0) is 57.7 Å². The van der Waals surface area contributed by atoms with Crippen LogP contribution in [-0.2, 0) is 26.0 Å². The van der Waals surface area contributed by atoms with Gasteiger partial charge < -0.3 is 4.74 Å². The van der Waals surface area contributed by atoms with E-state index in [9.17, 15) is 13.2 Å². The third kappa shape index (κ3) is 12.1. The summed E-state index contributed by atoms with van der Waals surface area (Å²) in [5, 5.41) is 5.10. The number of ether oxygens (including phenoxy) is 1. The highest BCUT2D eigenvalue weighted by molar-refractivity contribution is 7.89. The van der Waals surface area contributed by atoms with E-state index in [2.05, 4.69) is 0 Å². The molecule has 0 amide bonds. The number of aryl methyl sites for hydroxylation is 1. The quantitative estimate of drug-likeness (QED) is 0.360. The highest BCUT2D eigenvalue weighted by atomic mass is 32.2. The highest BCUT2D eigenvalue weighted by Gasteiger charge is 2.15. The van der Waals surface area contributed by atoms with Crippen LogP contribution in [0.25, 0.3) is 0 Å². The fourth-order valence-electron chi connectivity index (χ4n) is 3.07. The van der Waals surface area contributed by atoms with Crippen LogP contribution < -0.4 is 5.14 Å². The van der Waals surface area contributed by atoms with E-state index < -0.39 is 10.0 Å². The van der Waals surface area contributed by atoms with E-state index in [1.165, 1.54) is 38.5 Å². The average molecular weight is 412 g/mol. The molecule has 6 heteroatoms. The van der Waals surface area contributed by atoms with E-state index in [1.807, 2.05) is 32.9 Å². The van der Waals surface area contributed by atoms with Crippen LogP contribution in [0.5, 0.6) is 0 Å². The standard InChI is InChI=1S/C22H37NO4S/c1-22(2,3)27-21(24)14-12-10-8-6-4-5-7-9-11-13-19-15-17-20(18-16-19)28(23,25)26/h15-18H,4-14H2,1-3H3,(H2,23,25,26). The summed E-state index contributed by atoms with van der Waals surface area (Å²) in [7, 11) is -3.60. The number of hydrogen-bond acceptors (Lipinski definition) is 4. The number of benzene rings is 1. The molecule has 0 aliphatic heterocycles. The van der Waals surface area contributed by atoms with Gasteiger partial charge in [0.25, 0.3) is 0 Å². The minimum absolute atomic E-state index is 0.0909. The molecule has 0 spiro atoms. The number of carbonyl (C=O) groups is 1. The molecule has 5 nitrogen and oxygen atoms in total. The van der Waals surface area contributed by atoms with Gasteiger partial charge in [0.1, 0.15) is 5.60 Å². The molecule has 0 bridgehead atoms. The zero-order valence-electron chi connectivity index (χ0n) is 17.7. The topological polar surface area (TPSA) is 86.5 Å². The normalized spacial score (nSPS) is 12.1. The molecule has 1 aromatic carbocycles. The molecule has 1 rings (SSSR count). The Kier molecular flexibility index (Phi) is 10.8. The molecule has 0 fully saturated rings. The Labute approximate surface area is 171 Å². The number of rotatable bonds is 13. The average Bonchev–Trinajstić information content (AvgIpc) is 2.57. The fourth-order valence-corrected chi connectivity index (χ4v) is 3.59. The van der Waals surface area contributed by atoms with Crippen molar-refractivity contribution in [3.63, 3.8) is 0 Å². The first-order valence-electron chi connectivity index (χ1n) is 10.4. The van der Waals surface area contributed by atoms with Crippen LogP contribution in [0, 0.1) is 0 Å². The Balaban J connectivity index is 1.96. The summed E-state index contributed by atoms with van der Waals surface area (Å²) >= 11 is 0. The first kappa shape index (κ1) is 24.6. The Bertz CT molecular complexity index is 675. The van der Waals surface area contributed by atoms with E-state index in [0.29, 0.717) is 6.42 Å². The van der Waals surface area contributed by atoms with Gasteiger partial charge in [-0.25, -0.2) is 13.6 Å². The lowest BCUT2D eigenvalue weighted by Gasteiger charge is -2.19. The second-order valence-corrected chi connectivity index (χ2v) is 10.0. The molecule has 0 atom stereocenters. The first-order valence-corrected chi connectivity index (χ1v) is 12.0. The van der Waals surface area contributed by atoms with Gasteiger partial charge in [0.2, 0.25) is 10.0 Å². The third-order valence-corrected chi connectivity index (χ3v) is 5.45. The number of carbonyl (C=O) groups excluding carboxylic acids is 1. The molecular weight excluding hydrogens is 374 g/mol. The zero-order valence-corrected chi connectivity index (χ0v) is 18.5. The van der Waals surface area contributed by atoms with Gasteiger partial charge in [-0.1, -0.05) is 57.1 Å². The molecule has 0 aromatic heterocycles. The molecule has 0 saturated carbocycles. The lowest BCUT2D eigenvalue weighted by molar-refractivity contribution is -0.154. The molecule has 1 aromatic rings. The van der Waals surface area contributed by atoms with Crippen LogP contribution in [0.4, 0.5) is 0 Å². The van der Waals surface area contributed by atoms with Crippen molar-refractivity contribution in [3.05, 3.63) is 29.8 Å². The molecule has 0 unspecified atom stereocenters. The number of sulfonamides is 1. The maximum absolute atomic E-state index is 11.6. The van der Waals surface area contributed by atoms with Crippen LogP contribution in [0.15, 0.2) is 29.2 Å². The van der Waals surface area contributed by atoms with Crippen LogP contribution in [0.3, 0.4) is 0 Å². The maximum atomic E-state index is 11.6. The Morgan fingerprint density at radius 1 is 0.857 bits per heavy atom. The number of hydrogen-bond donors (Lipinski definition) is 1. The summed E-state index contributed by atoms with van der Waals surface area (Å²) < 4.78 is 27.8. The van der Waals surface area contributed by atoms with Crippen LogP contribution in [-0.4, -0.2) is 20.0 Å². The van der Waals surface area contributed by atoms with Crippen LogP contribution in [0.2, 0.25) is 0 Å². The minimum atomic E-state index is -3.60. The van der Waals surface area contributed by atoms with E-state index in [-0.39, 0.29) is 16.5 Å². The van der Waals surface area contributed by atoms with Gasteiger partial charge in [-0.15, -0.1) is 0 Å². The second kappa shape index (κ2) is 12.2. The lowest BCUT2D eigenvalue weighted by atomic mass is 10.0. The minimum Gasteiger partial charge on any atom is -0.460 e. The Hall–Kier alpha value is -1.40. The van der Waals surface area contributed by atoms with E-state index in [0.717, 1.165) is 31.2 Å². The van der Waals surface area contributed by atoms with E-state index >= 15 is 0 Å². The number of nitrogens with two attached hydrogens (primary N) is 1. The van der Waals surface area contributed by atoms with Gasteiger partial charge in [0, 0.05) is 6.42 Å². The first-order chi connectivity index (χ1) is 13.1. The molecule has 0 saturated heterocycles. The van der Waals surface area contributed by atoms with Gasteiger partial charge in [-0.2, -0.15) is 0 Å². The van der Waals surface area contributed by atoms with Crippen LogP contribution >= 0.6 is 0 Å². The summed E-state index contributed by atoms with van der Waals surface area (Å²) in [5.41, 5.74) is 0.767. The van der Waals surface area contributed by atoms with E-state index in [1.54, 1.807) is 12.1 Å². The SMILES string of the molecule is CC(C)(C)OC(=O)CCCCCCCCCCCc1ccc(S(N)(=O)=O)cc1. The van der Waals surface area contributed by atoms with Crippen LogP contribution in [0.1, 0.15) is 90.5 Å². The molecule has 28 heavy (non-hydrogen) atoms. The van der Waals surface area contributed by atoms with Crippen molar-refractivity contribution in [1.82, 2.24) is 0 Å². The Morgan fingerprint density at radius 3 is 1.79 bits per heavy atom. The van der Waals surface area contributed by atoms with Crippen molar-refractivity contribution in [2.45, 2.75) is 102 Å². The summed E-state index contributed by atoms with van der Waals surface area (Å²) in [6.45, 7) is 5.69. The van der Waals surface area contributed by atoms with Gasteiger partial charge in [-0.3, -0.25) is 4.79 Å². The number of primary sulfonamides is 1. The third-order valence-electron chi connectivity index (χ3n) is 4.52. The van der Waals surface area contributed by atoms with E-state index in [4.69, 9.17) is 9.88 Å². The molecular formula is C22H37NO4S. The van der Waals surface area contributed by atoms with Gasteiger partial charge in [0.15, 0.2) is 0 Å². The summed E-state index contributed by atoms with van der Waals surface area (Å²) in [6.07, 6.45) is 11.9. The molecule has 0 aliphatic carbocycles. The van der Waals surface area contributed by atoms with Gasteiger partial charge in [0.05, 0.1) is 4.90 Å². The monoisotopic (exact) mass is 411 g/mol. The predicted octanol–water partition coefficient (Wildman–Crippen LogP) is 5.12. The highest BCUT2D eigenvalue weighted by Crippen LogP contribution is 2.15. The molecule has 0 aliphatic rings. The number of unbranched alkanes of at least 4 members (excludes halogenated alkanes) is 8. The smallest absolute Gasteiger partial charge is 0.306 e. The van der Waals surface area contributed by atoms with Crippen molar-refractivity contribution in [2.24, 2.45) is 5.14 Å². The second-order valence-electron chi connectivity index (χ2n) is 8.46. The number of esters is 1. The lowest BCUT2D eigenvalue weighted by Crippen LogP contribution is -2.23. The zero-order chi connectivity index (χ0) is 21.0. The van der Waals surface area contributed by atoms with Crippen molar-refractivity contribution < 1.29 is 17.9 Å². The van der Waals surface area contributed by atoms with Crippen molar-refractivity contribution in [3.8, 4) is 0 Å². The maximum Gasteiger partial charge on any atom is 0.306 e. The fraction of sp³-hybridized carbons (Fsp3) is 0.682. The summed E-state index contributed by atoms with van der Waals surface area (Å²) in [4.78, 5) is 11.8. The summed E-state index contributed by atoms with van der Waals surface area (Å²) in [5.74, 6) is -0.0909. The molecule has 0 heterocycles. The molecule has 2 N–H and O–H groups in total. The largest absolute Gasteiger partial charge is 0.460 e.